The number of amides is 1. The van der Waals surface area contributed by atoms with Gasteiger partial charge in [-0.3, -0.25) is 4.79 Å². The zero-order chi connectivity index (χ0) is 18.7. The molecular formula is C18H24N4O4. The molecular weight excluding hydrogens is 336 g/mol. The molecule has 1 aliphatic rings. The normalized spacial score (nSPS) is 20.2. The Hall–Kier alpha value is -2.32. The summed E-state index contributed by atoms with van der Waals surface area (Å²) in [7, 11) is 0. The molecule has 2 aromatic rings. The largest absolute Gasteiger partial charge is 0.379 e. The maximum Gasteiger partial charge on any atom is 0.270 e. The Morgan fingerprint density at radius 3 is 2.81 bits per heavy atom. The van der Waals surface area contributed by atoms with Gasteiger partial charge in [0.15, 0.2) is 0 Å². The molecule has 8 nitrogen and oxygen atoms in total. The van der Waals surface area contributed by atoms with Crippen molar-refractivity contribution in [3.8, 4) is 0 Å². The Balaban J connectivity index is 1.65. The number of hydrogen-bond donors (Lipinski definition) is 1. The number of carbonyl (C=O) groups is 1. The van der Waals surface area contributed by atoms with Gasteiger partial charge in [-0.25, -0.2) is 9.97 Å². The first-order valence-corrected chi connectivity index (χ1v) is 8.68. The van der Waals surface area contributed by atoms with Gasteiger partial charge in [-0.05, 0) is 40.2 Å². The molecule has 0 saturated carbocycles. The van der Waals surface area contributed by atoms with E-state index in [1.165, 1.54) is 0 Å². The van der Waals surface area contributed by atoms with Crippen molar-refractivity contribution in [2.24, 2.45) is 0 Å². The first-order valence-electron chi connectivity index (χ1n) is 8.68. The molecule has 8 heteroatoms. The van der Waals surface area contributed by atoms with Crippen molar-refractivity contribution in [2.45, 2.75) is 52.9 Å². The molecule has 0 aliphatic carbocycles. The molecule has 0 aromatic carbocycles. The minimum atomic E-state index is -0.245. The maximum absolute atomic E-state index is 12.6. The molecule has 0 unspecified atom stereocenters. The van der Waals surface area contributed by atoms with E-state index >= 15 is 0 Å². The molecule has 26 heavy (non-hydrogen) atoms. The summed E-state index contributed by atoms with van der Waals surface area (Å²) in [4.78, 5) is 21.0. The summed E-state index contributed by atoms with van der Waals surface area (Å²) in [6.07, 6.45) is 0.437. The van der Waals surface area contributed by atoms with Crippen molar-refractivity contribution in [1.82, 2.24) is 20.4 Å². The fourth-order valence-corrected chi connectivity index (χ4v) is 3.02. The summed E-state index contributed by atoms with van der Waals surface area (Å²) < 4.78 is 16.7. The quantitative estimate of drug-likeness (QED) is 0.868. The summed E-state index contributed by atoms with van der Waals surface area (Å²) in [6.45, 7) is 8.73. The number of rotatable bonds is 5. The molecule has 2 atom stereocenters. The molecule has 0 spiro atoms. The fourth-order valence-electron chi connectivity index (χ4n) is 3.02. The lowest BCUT2D eigenvalue weighted by Gasteiger charge is -2.32. The predicted molar refractivity (Wildman–Crippen MR) is 92.8 cm³/mol. The van der Waals surface area contributed by atoms with Crippen molar-refractivity contribution < 1.29 is 18.8 Å². The van der Waals surface area contributed by atoms with Crippen LogP contribution in [-0.2, 0) is 16.1 Å². The third-order valence-electron chi connectivity index (χ3n) is 4.44. The van der Waals surface area contributed by atoms with E-state index in [4.69, 9.17) is 14.0 Å². The van der Waals surface area contributed by atoms with E-state index in [0.29, 0.717) is 37.8 Å². The van der Waals surface area contributed by atoms with Gasteiger partial charge in [-0.2, -0.15) is 0 Å². The van der Waals surface area contributed by atoms with Gasteiger partial charge in [0.2, 0.25) is 0 Å². The first-order chi connectivity index (χ1) is 12.4. The number of ether oxygens (including phenoxy) is 2. The van der Waals surface area contributed by atoms with Gasteiger partial charge >= 0.3 is 0 Å². The molecule has 1 saturated heterocycles. The van der Waals surface area contributed by atoms with Crippen LogP contribution in [-0.4, -0.2) is 46.4 Å². The van der Waals surface area contributed by atoms with E-state index in [2.05, 4.69) is 20.4 Å². The van der Waals surface area contributed by atoms with Gasteiger partial charge in [0.05, 0.1) is 24.9 Å². The van der Waals surface area contributed by atoms with Crippen LogP contribution in [0.2, 0.25) is 0 Å². The van der Waals surface area contributed by atoms with E-state index < -0.39 is 0 Å². The highest BCUT2D eigenvalue weighted by Crippen LogP contribution is 2.18. The summed E-state index contributed by atoms with van der Waals surface area (Å²) in [6, 6.07) is 1.54. The molecule has 140 valence electrons. The number of nitrogens with one attached hydrogen (secondary N) is 1. The highest BCUT2D eigenvalue weighted by atomic mass is 16.5. The Morgan fingerprint density at radius 2 is 2.12 bits per heavy atom. The number of aryl methyl sites for hydroxylation is 4. The number of aromatic nitrogens is 3. The van der Waals surface area contributed by atoms with E-state index in [0.717, 1.165) is 22.7 Å². The highest BCUT2D eigenvalue weighted by molar-refractivity contribution is 5.92. The van der Waals surface area contributed by atoms with Gasteiger partial charge in [0.1, 0.15) is 23.4 Å². The number of nitrogens with zero attached hydrogens (tertiary/aromatic N) is 3. The van der Waals surface area contributed by atoms with Crippen LogP contribution >= 0.6 is 0 Å². The zero-order valence-corrected chi connectivity index (χ0v) is 15.5. The molecule has 3 rings (SSSR count). The minimum Gasteiger partial charge on any atom is -0.379 e. The zero-order valence-electron chi connectivity index (χ0n) is 15.5. The standard InChI is InChI=1S/C18H24N4O4/c1-10-7-16(20-13(4)19-10)18(23)21-15-5-6-24-9-17(15)25-8-14-11(2)22-26-12(14)3/h7,15,17H,5-6,8-9H2,1-4H3,(H,21,23)/t15-,17-/m1/s1. The molecule has 0 bridgehead atoms. The van der Waals surface area contributed by atoms with Gasteiger partial charge in [0, 0.05) is 17.9 Å². The second kappa shape index (κ2) is 7.92. The van der Waals surface area contributed by atoms with Crippen LogP contribution in [0.4, 0.5) is 0 Å². The molecule has 1 amide bonds. The van der Waals surface area contributed by atoms with Gasteiger partial charge in [-0.15, -0.1) is 0 Å². The highest BCUT2D eigenvalue weighted by Gasteiger charge is 2.29. The van der Waals surface area contributed by atoms with Gasteiger partial charge in [-0.1, -0.05) is 5.16 Å². The number of carbonyl (C=O) groups excluding carboxylic acids is 1. The average Bonchev–Trinajstić information content (AvgIpc) is 2.91. The van der Waals surface area contributed by atoms with Crippen molar-refractivity contribution >= 4 is 5.91 Å². The van der Waals surface area contributed by atoms with E-state index in [1.807, 2.05) is 20.8 Å². The lowest BCUT2D eigenvalue weighted by Crippen LogP contribution is -2.50. The SMILES string of the molecule is Cc1cc(C(=O)N[C@@H]2CCOC[C@H]2OCc2c(C)noc2C)nc(C)n1. The molecule has 3 heterocycles. The first kappa shape index (κ1) is 18.5. The van der Waals surface area contributed by atoms with E-state index in [-0.39, 0.29) is 18.1 Å². The van der Waals surface area contributed by atoms with Crippen molar-refractivity contribution in [1.29, 1.82) is 0 Å². The van der Waals surface area contributed by atoms with Crippen LogP contribution in [0.15, 0.2) is 10.6 Å². The molecule has 1 aliphatic heterocycles. The van der Waals surface area contributed by atoms with Crippen LogP contribution < -0.4 is 5.32 Å². The van der Waals surface area contributed by atoms with Crippen LogP contribution in [0.5, 0.6) is 0 Å². The monoisotopic (exact) mass is 360 g/mol. The van der Waals surface area contributed by atoms with Crippen molar-refractivity contribution in [3.05, 3.63) is 40.3 Å². The lowest BCUT2D eigenvalue weighted by atomic mass is 10.1. The third kappa shape index (κ3) is 4.25. The third-order valence-corrected chi connectivity index (χ3v) is 4.44. The topological polar surface area (TPSA) is 99.4 Å². The Labute approximate surface area is 152 Å². The van der Waals surface area contributed by atoms with Gasteiger partial charge in [0.25, 0.3) is 5.91 Å². The molecule has 1 fully saturated rings. The van der Waals surface area contributed by atoms with Crippen molar-refractivity contribution in [2.75, 3.05) is 13.2 Å². The Bertz CT molecular complexity index is 750. The summed E-state index contributed by atoms with van der Waals surface area (Å²) in [5.74, 6) is 1.09. The minimum absolute atomic E-state index is 0.146. The molecule has 1 N–H and O–H groups in total. The Morgan fingerprint density at radius 1 is 1.31 bits per heavy atom. The van der Waals surface area contributed by atoms with Crippen LogP contribution in [0.1, 0.15) is 45.4 Å². The number of hydrogen-bond acceptors (Lipinski definition) is 7. The second-order valence-corrected chi connectivity index (χ2v) is 6.54. The Kier molecular flexibility index (Phi) is 5.63. The summed E-state index contributed by atoms with van der Waals surface area (Å²) >= 11 is 0. The lowest BCUT2D eigenvalue weighted by molar-refractivity contribution is -0.0739. The smallest absolute Gasteiger partial charge is 0.270 e. The van der Waals surface area contributed by atoms with E-state index in [9.17, 15) is 4.79 Å². The van der Waals surface area contributed by atoms with Crippen LogP contribution in [0.3, 0.4) is 0 Å². The van der Waals surface area contributed by atoms with Crippen LogP contribution in [0.25, 0.3) is 0 Å². The van der Waals surface area contributed by atoms with Crippen molar-refractivity contribution in [3.63, 3.8) is 0 Å². The average molecular weight is 360 g/mol. The fraction of sp³-hybridized carbons (Fsp3) is 0.556. The summed E-state index contributed by atoms with van der Waals surface area (Å²) in [5.41, 5.74) is 2.88. The second-order valence-electron chi connectivity index (χ2n) is 6.54. The van der Waals surface area contributed by atoms with Crippen LogP contribution in [0, 0.1) is 27.7 Å². The molecule has 0 radical (unpaired) electrons. The van der Waals surface area contributed by atoms with Gasteiger partial charge < -0.3 is 19.3 Å². The summed E-state index contributed by atoms with van der Waals surface area (Å²) in [5, 5.41) is 6.96. The molecule has 2 aromatic heterocycles. The van der Waals surface area contributed by atoms with E-state index in [1.54, 1.807) is 13.0 Å². The predicted octanol–water partition coefficient (Wildman–Crippen LogP) is 1.80. The maximum atomic E-state index is 12.6.